The van der Waals surface area contributed by atoms with Crippen molar-refractivity contribution in [2.45, 2.75) is 135 Å². The number of unbranched alkanes of at least 4 members (excludes halogenated alkanes) is 16. The average Bonchev–Trinajstić information content (AvgIpc) is 2.71. The van der Waals surface area contributed by atoms with Crippen LogP contribution in [0.5, 0.6) is 0 Å². The summed E-state index contributed by atoms with van der Waals surface area (Å²) in [7, 11) is -2.62. The van der Waals surface area contributed by atoms with E-state index in [9.17, 15) is 4.57 Å². The van der Waals surface area contributed by atoms with E-state index in [2.05, 4.69) is 24.4 Å². The van der Waals surface area contributed by atoms with Crippen molar-refractivity contribution >= 4 is 7.82 Å². The highest BCUT2D eigenvalue weighted by Crippen LogP contribution is 2.38. The van der Waals surface area contributed by atoms with Crippen molar-refractivity contribution in [2.24, 2.45) is 0 Å². The minimum Gasteiger partial charge on any atom is -0.317 e. The second-order valence-electron chi connectivity index (χ2n) is 8.92. The summed E-state index contributed by atoms with van der Waals surface area (Å²) in [5.74, 6) is 0. The van der Waals surface area contributed by atoms with Gasteiger partial charge in [-0.15, -0.1) is 0 Å². The van der Waals surface area contributed by atoms with E-state index in [-0.39, 0.29) is 0 Å². The molecule has 0 aliphatic heterocycles. The summed E-state index contributed by atoms with van der Waals surface area (Å²) >= 11 is 0. The van der Waals surface area contributed by atoms with E-state index in [1.54, 1.807) is 7.05 Å². The molecule has 0 heterocycles. The van der Waals surface area contributed by atoms with Crippen LogP contribution in [0, 0.1) is 0 Å². The molecule has 6 heteroatoms. The number of rotatable bonds is 24. The largest absolute Gasteiger partial charge is 0.469 e. The van der Waals surface area contributed by atoms with E-state index < -0.39 is 13.9 Å². The molecule has 0 bridgehead atoms. The molecule has 0 rings (SSSR count). The molecule has 1 unspecified atom stereocenters. The fourth-order valence-corrected chi connectivity index (χ4v) is 4.51. The molecule has 0 fully saturated rings. The Labute approximate surface area is 193 Å². The maximum atomic E-state index is 11.0. The Balaban J connectivity index is 3.32. The lowest BCUT2D eigenvalue weighted by molar-refractivity contribution is 0.124. The van der Waals surface area contributed by atoms with E-state index in [1.807, 2.05) is 0 Å². The average molecular weight is 462 g/mol. The molecule has 0 spiro atoms. The van der Waals surface area contributed by atoms with Crippen molar-refractivity contribution in [1.82, 2.24) is 5.32 Å². The van der Waals surface area contributed by atoms with Crippen molar-refractivity contribution in [2.75, 3.05) is 13.6 Å². The van der Waals surface area contributed by atoms with Gasteiger partial charge in [-0.2, -0.15) is 0 Å². The monoisotopic (exact) mass is 461 g/mol. The van der Waals surface area contributed by atoms with E-state index >= 15 is 0 Å². The third-order valence-corrected chi connectivity index (χ3v) is 6.33. The Hall–Kier alpha value is -0.190. The van der Waals surface area contributed by atoms with Crippen LogP contribution in [0.1, 0.15) is 129 Å². The quantitative estimate of drug-likeness (QED) is 0.0780. The van der Waals surface area contributed by atoms with Crippen LogP contribution in [0.4, 0.5) is 0 Å². The van der Waals surface area contributed by atoms with Crippen LogP contribution in [-0.4, -0.2) is 29.5 Å². The molecule has 0 aliphatic carbocycles. The molecule has 186 valence electrons. The summed E-state index contributed by atoms with van der Waals surface area (Å²) in [4.78, 5) is 17.9. The van der Waals surface area contributed by atoms with Gasteiger partial charge in [0.15, 0.2) is 0 Å². The standard InChI is InChI=1S/C25H52NO4P/c1-3-4-5-6-7-8-9-10-11-12-13-14-15-16-17-18-19-20-21-22-23-25(24-26-2)30-31(27,28)29/h10-11,25-26H,3-9,12-24H2,1-2H3,(H2,27,28,29)/b11-10-. The van der Waals surface area contributed by atoms with Crippen molar-refractivity contribution < 1.29 is 18.9 Å². The van der Waals surface area contributed by atoms with Gasteiger partial charge >= 0.3 is 7.82 Å². The predicted octanol–water partition coefficient (Wildman–Crippen LogP) is 7.67. The lowest BCUT2D eigenvalue weighted by atomic mass is 10.0. The van der Waals surface area contributed by atoms with Crippen LogP contribution in [-0.2, 0) is 9.09 Å². The van der Waals surface area contributed by atoms with Crippen LogP contribution >= 0.6 is 7.82 Å². The third-order valence-electron chi connectivity index (χ3n) is 5.76. The molecule has 31 heavy (non-hydrogen) atoms. The van der Waals surface area contributed by atoms with Gasteiger partial charge in [-0.3, -0.25) is 4.52 Å². The second-order valence-corrected chi connectivity index (χ2v) is 10.1. The van der Waals surface area contributed by atoms with Gasteiger partial charge in [0.05, 0.1) is 6.10 Å². The Kier molecular flexibility index (Phi) is 22.8. The van der Waals surface area contributed by atoms with Gasteiger partial charge in [0, 0.05) is 6.54 Å². The fourth-order valence-electron chi connectivity index (χ4n) is 3.94. The zero-order valence-electron chi connectivity index (χ0n) is 20.5. The first-order chi connectivity index (χ1) is 15.0. The second kappa shape index (κ2) is 23.0. The molecule has 0 amide bonds. The summed E-state index contributed by atoms with van der Waals surface area (Å²) in [6.07, 6.45) is 28.4. The fraction of sp³-hybridized carbons (Fsp3) is 0.920. The number of hydrogen-bond acceptors (Lipinski definition) is 3. The number of phosphoric acid groups is 1. The van der Waals surface area contributed by atoms with Gasteiger partial charge in [0.2, 0.25) is 0 Å². The Morgan fingerprint density at radius 2 is 1.16 bits per heavy atom. The molecule has 0 aromatic rings. The highest BCUT2D eigenvalue weighted by atomic mass is 31.2. The minimum atomic E-state index is -4.39. The van der Waals surface area contributed by atoms with Crippen molar-refractivity contribution in [3.63, 3.8) is 0 Å². The van der Waals surface area contributed by atoms with Crippen LogP contribution in [0.3, 0.4) is 0 Å². The molecule has 0 radical (unpaired) electrons. The SMILES string of the molecule is CCCCCCCC/C=C\CCCCCCCCCCCCC(CNC)OP(=O)(O)O. The minimum absolute atomic E-state index is 0.406. The first-order valence-corrected chi connectivity index (χ1v) is 14.6. The molecular weight excluding hydrogens is 409 g/mol. The molecule has 0 saturated heterocycles. The normalized spacial score (nSPS) is 13.3. The molecule has 0 aliphatic rings. The maximum Gasteiger partial charge on any atom is 0.469 e. The van der Waals surface area contributed by atoms with E-state index in [0.29, 0.717) is 13.0 Å². The van der Waals surface area contributed by atoms with Crippen molar-refractivity contribution in [3.05, 3.63) is 12.2 Å². The third kappa shape index (κ3) is 25.9. The molecule has 3 N–H and O–H groups in total. The molecule has 0 saturated carbocycles. The Bertz CT molecular complexity index is 439. The van der Waals surface area contributed by atoms with E-state index in [1.165, 1.54) is 103 Å². The van der Waals surface area contributed by atoms with E-state index in [0.717, 1.165) is 12.8 Å². The van der Waals surface area contributed by atoms with Gasteiger partial charge in [-0.05, 0) is 39.2 Å². The molecule has 5 nitrogen and oxygen atoms in total. The number of likely N-dealkylation sites (N-methyl/N-ethyl adjacent to an activating group) is 1. The van der Waals surface area contributed by atoms with Crippen LogP contribution in [0.2, 0.25) is 0 Å². The van der Waals surface area contributed by atoms with Crippen LogP contribution < -0.4 is 5.32 Å². The summed E-state index contributed by atoms with van der Waals surface area (Å²) < 4.78 is 15.8. The number of nitrogens with one attached hydrogen (secondary N) is 1. The number of allylic oxidation sites excluding steroid dienone is 2. The smallest absolute Gasteiger partial charge is 0.317 e. The molecular formula is C25H52NO4P. The summed E-state index contributed by atoms with van der Waals surface area (Å²) in [6.45, 7) is 2.74. The molecule has 0 aromatic heterocycles. The summed E-state index contributed by atoms with van der Waals surface area (Å²) in [5.41, 5.74) is 0. The Morgan fingerprint density at radius 1 is 0.742 bits per heavy atom. The van der Waals surface area contributed by atoms with Gasteiger partial charge in [0.1, 0.15) is 0 Å². The zero-order chi connectivity index (χ0) is 23.0. The first-order valence-electron chi connectivity index (χ1n) is 13.0. The topological polar surface area (TPSA) is 78.8 Å². The zero-order valence-corrected chi connectivity index (χ0v) is 21.4. The van der Waals surface area contributed by atoms with Gasteiger partial charge < -0.3 is 15.1 Å². The maximum absolute atomic E-state index is 11.0. The van der Waals surface area contributed by atoms with Gasteiger partial charge in [-0.1, -0.05) is 109 Å². The lowest BCUT2D eigenvalue weighted by Crippen LogP contribution is -2.25. The van der Waals surface area contributed by atoms with Gasteiger partial charge in [-0.25, -0.2) is 4.57 Å². The van der Waals surface area contributed by atoms with Crippen molar-refractivity contribution in [1.29, 1.82) is 0 Å². The number of phosphoric ester groups is 1. The number of hydrogen-bond donors (Lipinski definition) is 3. The van der Waals surface area contributed by atoms with Crippen molar-refractivity contribution in [3.8, 4) is 0 Å². The Morgan fingerprint density at radius 3 is 1.58 bits per heavy atom. The predicted molar refractivity (Wildman–Crippen MR) is 133 cm³/mol. The summed E-state index contributed by atoms with van der Waals surface area (Å²) in [6, 6.07) is 0. The van der Waals surface area contributed by atoms with Crippen LogP contribution in [0.25, 0.3) is 0 Å². The van der Waals surface area contributed by atoms with Crippen LogP contribution in [0.15, 0.2) is 12.2 Å². The molecule has 0 aromatic carbocycles. The summed E-state index contributed by atoms with van der Waals surface area (Å²) in [5, 5.41) is 2.93. The highest BCUT2D eigenvalue weighted by molar-refractivity contribution is 7.46. The molecule has 1 atom stereocenters. The first kappa shape index (κ1) is 30.8. The van der Waals surface area contributed by atoms with E-state index in [4.69, 9.17) is 14.3 Å². The highest BCUT2D eigenvalue weighted by Gasteiger charge is 2.21. The van der Waals surface area contributed by atoms with Gasteiger partial charge in [0.25, 0.3) is 0 Å². The lowest BCUT2D eigenvalue weighted by Gasteiger charge is -2.17.